The van der Waals surface area contributed by atoms with Gasteiger partial charge in [-0.25, -0.2) is 13.1 Å². The third kappa shape index (κ3) is 2.90. The van der Waals surface area contributed by atoms with Crippen LogP contribution in [0.3, 0.4) is 0 Å². The van der Waals surface area contributed by atoms with E-state index >= 15 is 0 Å². The van der Waals surface area contributed by atoms with E-state index < -0.39 is 10.0 Å². The normalized spacial score (nSPS) is 11.4. The number of sulfonamides is 1. The molecule has 0 saturated carbocycles. The summed E-state index contributed by atoms with van der Waals surface area (Å²) in [6, 6.07) is 8.87. The van der Waals surface area contributed by atoms with Gasteiger partial charge in [0.25, 0.3) is 0 Å². The van der Waals surface area contributed by atoms with Crippen LogP contribution < -0.4 is 10.0 Å². The molecular formula is C12H14N2O2S2. The molecule has 0 unspecified atom stereocenters. The summed E-state index contributed by atoms with van der Waals surface area (Å²) in [5, 5.41) is 7.17. The van der Waals surface area contributed by atoms with Crippen molar-refractivity contribution in [3.8, 4) is 0 Å². The van der Waals surface area contributed by atoms with Crippen molar-refractivity contribution in [1.29, 1.82) is 0 Å². The van der Waals surface area contributed by atoms with Crippen LogP contribution in [0.25, 0.3) is 0 Å². The average molecular weight is 282 g/mol. The SMILES string of the molecule is CNS(=O)(=O)c1ccccc1NCc1ccsc1. The number of nitrogens with one attached hydrogen (secondary N) is 2. The molecule has 4 nitrogen and oxygen atoms in total. The smallest absolute Gasteiger partial charge is 0.242 e. The fourth-order valence-electron chi connectivity index (χ4n) is 1.55. The molecule has 0 atom stereocenters. The summed E-state index contributed by atoms with van der Waals surface area (Å²) < 4.78 is 26.0. The number of rotatable bonds is 5. The van der Waals surface area contributed by atoms with Crippen LogP contribution in [0.15, 0.2) is 46.0 Å². The molecule has 0 fully saturated rings. The maximum Gasteiger partial charge on any atom is 0.242 e. The van der Waals surface area contributed by atoms with Gasteiger partial charge in [0.2, 0.25) is 10.0 Å². The average Bonchev–Trinajstić information content (AvgIpc) is 2.90. The van der Waals surface area contributed by atoms with E-state index in [9.17, 15) is 8.42 Å². The van der Waals surface area contributed by atoms with Gasteiger partial charge in [0.15, 0.2) is 0 Å². The van der Waals surface area contributed by atoms with Crippen molar-refractivity contribution in [2.45, 2.75) is 11.4 Å². The van der Waals surface area contributed by atoms with E-state index in [0.717, 1.165) is 5.56 Å². The molecule has 2 aromatic rings. The van der Waals surface area contributed by atoms with Crippen LogP contribution in [0.5, 0.6) is 0 Å². The van der Waals surface area contributed by atoms with Gasteiger partial charge in [-0.2, -0.15) is 11.3 Å². The number of para-hydroxylation sites is 1. The van der Waals surface area contributed by atoms with E-state index in [1.165, 1.54) is 7.05 Å². The first kappa shape index (κ1) is 13.1. The Hall–Kier alpha value is -1.37. The van der Waals surface area contributed by atoms with Crippen molar-refractivity contribution in [3.05, 3.63) is 46.7 Å². The van der Waals surface area contributed by atoms with Crippen molar-refractivity contribution >= 4 is 27.0 Å². The molecule has 6 heteroatoms. The van der Waals surface area contributed by atoms with Gasteiger partial charge in [-0.1, -0.05) is 12.1 Å². The summed E-state index contributed by atoms with van der Waals surface area (Å²) in [6.45, 7) is 0.611. The first-order valence-corrected chi connectivity index (χ1v) is 7.83. The van der Waals surface area contributed by atoms with Crippen LogP contribution in [-0.2, 0) is 16.6 Å². The lowest BCUT2D eigenvalue weighted by Crippen LogP contribution is -2.20. The van der Waals surface area contributed by atoms with Crippen LogP contribution >= 0.6 is 11.3 Å². The highest BCUT2D eigenvalue weighted by Crippen LogP contribution is 2.21. The maximum absolute atomic E-state index is 11.8. The summed E-state index contributed by atoms with van der Waals surface area (Å²) in [5.74, 6) is 0. The summed E-state index contributed by atoms with van der Waals surface area (Å²) in [7, 11) is -2.02. The Morgan fingerprint density at radius 3 is 2.67 bits per heavy atom. The molecule has 2 rings (SSSR count). The van der Waals surface area contributed by atoms with Gasteiger partial charge in [0.1, 0.15) is 4.90 Å². The molecule has 0 amide bonds. The zero-order valence-corrected chi connectivity index (χ0v) is 11.5. The van der Waals surface area contributed by atoms with Crippen molar-refractivity contribution < 1.29 is 8.42 Å². The van der Waals surface area contributed by atoms with Gasteiger partial charge < -0.3 is 5.32 Å². The first-order chi connectivity index (χ1) is 8.63. The Balaban J connectivity index is 2.23. The van der Waals surface area contributed by atoms with Crippen LogP contribution in [-0.4, -0.2) is 15.5 Å². The van der Waals surface area contributed by atoms with Crippen molar-refractivity contribution in [1.82, 2.24) is 4.72 Å². The summed E-state index contributed by atoms with van der Waals surface area (Å²) in [6.07, 6.45) is 0. The first-order valence-electron chi connectivity index (χ1n) is 5.41. The van der Waals surface area contributed by atoms with Gasteiger partial charge >= 0.3 is 0 Å². The molecule has 0 saturated heterocycles. The Labute approximate surface area is 111 Å². The number of hydrogen-bond acceptors (Lipinski definition) is 4. The number of hydrogen-bond donors (Lipinski definition) is 2. The molecule has 18 heavy (non-hydrogen) atoms. The molecule has 1 aromatic carbocycles. The second-order valence-electron chi connectivity index (χ2n) is 3.69. The molecule has 1 aromatic heterocycles. The van der Waals surface area contributed by atoms with E-state index in [0.29, 0.717) is 12.2 Å². The van der Waals surface area contributed by atoms with Crippen LogP contribution in [0.2, 0.25) is 0 Å². The van der Waals surface area contributed by atoms with Crippen LogP contribution in [0, 0.1) is 0 Å². The highest BCUT2D eigenvalue weighted by atomic mass is 32.2. The van der Waals surface area contributed by atoms with Crippen LogP contribution in [0.1, 0.15) is 5.56 Å². The minimum atomic E-state index is -3.43. The van der Waals surface area contributed by atoms with Gasteiger partial charge in [0, 0.05) is 6.54 Å². The van der Waals surface area contributed by atoms with E-state index in [-0.39, 0.29) is 4.90 Å². The predicted octanol–water partition coefficient (Wildman–Crippen LogP) is 2.27. The molecule has 1 heterocycles. The highest BCUT2D eigenvalue weighted by Gasteiger charge is 2.15. The quantitative estimate of drug-likeness (QED) is 0.884. The maximum atomic E-state index is 11.8. The third-order valence-corrected chi connectivity index (χ3v) is 4.71. The molecule has 0 spiro atoms. The molecule has 0 aliphatic rings. The van der Waals surface area contributed by atoms with Gasteiger partial charge in [0.05, 0.1) is 5.69 Å². The molecule has 0 radical (unpaired) electrons. The molecule has 0 aliphatic carbocycles. The second-order valence-corrected chi connectivity index (χ2v) is 6.32. The summed E-state index contributed by atoms with van der Waals surface area (Å²) >= 11 is 1.62. The zero-order valence-electron chi connectivity index (χ0n) is 9.88. The minimum Gasteiger partial charge on any atom is -0.380 e. The Bertz CT molecular complexity index is 607. The van der Waals surface area contributed by atoms with Crippen molar-refractivity contribution in [2.75, 3.05) is 12.4 Å². The predicted molar refractivity (Wildman–Crippen MR) is 74.3 cm³/mol. The molecule has 0 aliphatic heterocycles. The number of anilines is 1. The lowest BCUT2D eigenvalue weighted by atomic mass is 10.3. The fraction of sp³-hybridized carbons (Fsp3) is 0.167. The van der Waals surface area contributed by atoms with E-state index in [4.69, 9.17) is 0 Å². The molecule has 0 bridgehead atoms. The monoisotopic (exact) mass is 282 g/mol. The standard InChI is InChI=1S/C12H14N2O2S2/c1-13-18(15,16)12-5-3-2-4-11(12)14-8-10-6-7-17-9-10/h2-7,9,13-14H,8H2,1H3. The Kier molecular flexibility index (Phi) is 4.00. The van der Waals surface area contributed by atoms with Gasteiger partial charge in [-0.05, 0) is 41.6 Å². The fourth-order valence-corrected chi connectivity index (χ4v) is 3.12. The Morgan fingerprint density at radius 2 is 2.00 bits per heavy atom. The Morgan fingerprint density at radius 1 is 1.22 bits per heavy atom. The van der Waals surface area contributed by atoms with Gasteiger partial charge in [-0.3, -0.25) is 0 Å². The molecule has 2 N–H and O–H groups in total. The largest absolute Gasteiger partial charge is 0.380 e. The van der Waals surface area contributed by atoms with Crippen molar-refractivity contribution in [2.24, 2.45) is 0 Å². The third-order valence-electron chi connectivity index (χ3n) is 2.51. The summed E-state index contributed by atoms with van der Waals surface area (Å²) in [5.41, 5.74) is 1.75. The lowest BCUT2D eigenvalue weighted by Gasteiger charge is -2.11. The van der Waals surface area contributed by atoms with E-state index in [1.54, 1.807) is 29.5 Å². The second kappa shape index (κ2) is 5.51. The highest BCUT2D eigenvalue weighted by molar-refractivity contribution is 7.89. The summed E-state index contributed by atoms with van der Waals surface area (Å²) in [4.78, 5) is 0.266. The van der Waals surface area contributed by atoms with E-state index in [2.05, 4.69) is 10.0 Å². The lowest BCUT2D eigenvalue weighted by molar-refractivity contribution is 0.588. The van der Waals surface area contributed by atoms with Crippen LogP contribution in [0.4, 0.5) is 5.69 Å². The number of thiophene rings is 1. The minimum absolute atomic E-state index is 0.266. The molecule has 96 valence electrons. The van der Waals surface area contributed by atoms with Crippen molar-refractivity contribution in [3.63, 3.8) is 0 Å². The zero-order chi connectivity index (χ0) is 13.0. The topological polar surface area (TPSA) is 58.2 Å². The van der Waals surface area contributed by atoms with E-state index in [1.807, 2.05) is 22.9 Å². The van der Waals surface area contributed by atoms with Gasteiger partial charge in [-0.15, -0.1) is 0 Å². The molecular weight excluding hydrogens is 268 g/mol. The number of benzene rings is 1.